The molecule has 96 valence electrons. The number of nitrogens with one attached hydrogen (secondary N) is 1. The monoisotopic (exact) mass is 312 g/mol. The molecule has 1 fully saturated rings. The zero-order valence-electron chi connectivity index (χ0n) is 9.95. The lowest BCUT2D eigenvalue weighted by Crippen LogP contribution is -2.49. The van der Waals surface area contributed by atoms with Gasteiger partial charge in [0.2, 0.25) is 0 Å². The van der Waals surface area contributed by atoms with E-state index in [1.165, 1.54) is 0 Å². The smallest absolute Gasteiger partial charge is 0.198 e. The van der Waals surface area contributed by atoms with Crippen LogP contribution in [0.5, 0.6) is 0 Å². The van der Waals surface area contributed by atoms with Crippen molar-refractivity contribution in [3.8, 4) is 0 Å². The summed E-state index contributed by atoms with van der Waals surface area (Å²) in [6.45, 7) is 5.35. The van der Waals surface area contributed by atoms with E-state index in [1.807, 2.05) is 13.8 Å². The third-order valence-electron chi connectivity index (χ3n) is 2.93. The molecule has 0 amide bonds. The number of alkyl halides is 1. The molecule has 6 heteroatoms. The first-order valence-electron chi connectivity index (χ1n) is 5.80. The molecule has 0 spiro atoms. The first-order valence-corrected chi connectivity index (χ1v) is 8.37. The molecule has 4 nitrogen and oxygen atoms in total. The van der Waals surface area contributed by atoms with E-state index < -0.39 is 10.2 Å². The minimum absolute atomic E-state index is 0.0353. The van der Waals surface area contributed by atoms with E-state index in [-0.39, 0.29) is 6.04 Å². The molecule has 1 unspecified atom stereocenters. The number of hydrogen-bond donors (Lipinski definition) is 1. The second kappa shape index (κ2) is 6.33. The molecule has 1 saturated heterocycles. The van der Waals surface area contributed by atoms with E-state index in [9.17, 15) is 8.42 Å². The maximum absolute atomic E-state index is 12.1. The SMILES string of the molecule is CC(C)C(CBr)NS(=O)(=O)N1CCCCC1. The number of hydrogen-bond acceptors (Lipinski definition) is 2. The Hall–Kier alpha value is 0.350. The lowest BCUT2D eigenvalue weighted by molar-refractivity contribution is 0.335. The first-order chi connectivity index (χ1) is 7.47. The van der Waals surface area contributed by atoms with Crippen LogP contribution in [0.3, 0.4) is 0 Å². The number of nitrogens with zero attached hydrogens (tertiary/aromatic N) is 1. The number of piperidine rings is 1. The highest BCUT2D eigenvalue weighted by Gasteiger charge is 2.27. The maximum atomic E-state index is 12.1. The highest BCUT2D eigenvalue weighted by atomic mass is 79.9. The molecule has 16 heavy (non-hydrogen) atoms. The van der Waals surface area contributed by atoms with Crippen molar-refractivity contribution < 1.29 is 8.42 Å². The van der Waals surface area contributed by atoms with Gasteiger partial charge in [-0.05, 0) is 18.8 Å². The third-order valence-corrected chi connectivity index (χ3v) is 5.27. The van der Waals surface area contributed by atoms with Crippen molar-refractivity contribution in [2.75, 3.05) is 18.4 Å². The Balaban J connectivity index is 2.62. The molecule has 1 aliphatic rings. The van der Waals surface area contributed by atoms with Gasteiger partial charge in [0.25, 0.3) is 10.2 Å². The molecule has 1 atom stereocenters. The van der Waals surface area contributed by atoms with Gasteiger partial charge in [-0.15, -0.1) is 0 Å². The minimum Gasteiger partial charge on any atom is -0.198 e. The quantitative estimate of drug-likeness (QED) is 0.786. The van der Waals surface area contributed by atoms with Gasteiger partial charge >= 0.3 is 0 Å². The zero-order valence-corrected chi connectivity index (χ0v) is 12.3. The van der Waals surface area contributed by atoms with Crippen molar-refractivity contribution in [1.29, 1.82) is 0 Å². The lowest BCUT2D eigenvalue weighted by Gasteiger charge is -2.29. The van der Waals surface area contributed by atoms with Crippen molar-refractivity contribution >= 4 is 26.1 Å². The Bertz CT molecular complexity index is 300. The minimum atomic E-state index is -3.29. The maximum Gasteiger partial charge on any atom is 0.279 e. The van der Waals surface area contributed by atoms with E-state index in [0.717, 1.165) is 19.3 Å². The zero-order chi connectivity index (χ0) is 12.2. The topological polar surface area (TPSA) is 49.4 Å². The summed E-state index contributed by atoms with van der Waals surface area (Å²) in [5.41, 5.74) is 0. The fourth-order valence-electron chi connectivity index (χ4n) is 1.72. The summed E-state index contributed by atoms with van der Waals surface area (Å²) in [6, 6.07) is -0.0353. The van der Waals surface area contributed by atoms with Gasteiger partial charge in [-0.1, -0.05) is 36.2 Å². The number of halogens is 1. The van der Waals surface area contributed by atoms with Crippen LogP contribution >= 0.6 is 15.9 Å². The molecule has 0 saturated carbocycles. The molecule has 0 aromatic heterocycles. The van der Waals surface area contributed by atoms with Crippen LogP contribution in [0.15, 0.2) is 0 Å². The summed E-state index contributed by atoms with van der Waals surface area (Å²) >= 11 is 3.35. The second-order valence-electron chi connectivity index (χ2n) is 4.59. The fourth-order valence-corrected chi connectivity index (χ4v) is 4.47. The van der Waals surface area contributed by atoms with Gasteiger partial charge in [0.1, 0.15) is 0 Å². The van der Waals surface area contributed by atoms with Crippen LogP contribution in [0.4, 0.5) is 0 Å². The van der Waals surface area contributed by atoms with E-state index in [1.54, 1.807) is 4.31 Å². The molecular weight excluding hydrogens is 292 g/mol. The summed E-state index contributed by atoms with van der Waals surface area (Å²) < 4.78 is 28.4. The van der Waals surface area contributed by atoms with Crippen LogP contribution in [-0.2, 0) is 10.2 Å². The van der Waals surface area contributed by atoms with Crippen molar-refractivity contribution in [2.24, 2.45) is 5.92 Å². The average molecular weight is 313 g/mol. The predicted octanol–water partition coefficient (Wildman–Crippen LogP) is 1.73. The lowest BCUT2D eigenvalue weighted by atomic mass is 10.1. The Morgan fingerprint density at radius 2 is 1.81 bits per heavy atom. The molecule has 0 aromatic rings. The van der Waals surface area contributed by atoms with Crippen LogP contribution in [0.1, 0.15) is 33.1 Å². The molecule has 0 radical (unpaired) electrons. The summed E-state index contributed by atoms with van der Waals surface area (Å²) in [5, 5.41) is 0.651. The van der Waals surface area contributed by atoms with E-state index >= 15 is 0 Å². The Labute approximate surface area is 107 Å². The van der Waals surface area contributed by atoms with Gasteiger partial charge in [0.05, 0.1) is 0 Å². The average Bonchev–Trinajstić information content (AvgIpc) is 2.27. The van der Waals surface area contributed by atoms with Crippen LogP contribution in [0, 0.1) is 5.92 Å². The Kier molecular flexibility index (Phi) is 5.70. The van der Waals surface area contributed by atoms with Gasteiger partial charge in [0.15, 0.2) is 0 Å². The molecule has 0 aromatic carbocycles. The highest BCUT2D eigenvalue weighted by molar-refractivity contribution is 9.09. The van der Waals surface area contributed by atoms with Crippen molar-refractivity contribution in [1.82, 2.24) is 9.03 Å². The van der Waals surface area contributed by atoms with Crippen LogP contribution in [0.2, 0.25) is 0 Å². The molecule has 1 heterocycles. The van der Waals surface area contributed by atoms with Crippen LogP contribution in [-0.4, -0.2) is 37.2 Å². The molecule has 0 aliphatic carbocycles. The van der Waals surface area contributed by atoms with Gasteiger partial charge in [0, 0.05) is 24.5 Å². The van der Waals surface area contributed by atoms with Crippen molar-refractivity contribution in [3.05, 3.63) is 0 Å². The summed E-state index contributed by atoms with van der Waals surface area (Å²) in [4.78, 5) is 0. The normalized spacial score (nSPS) is 21.2. The van der Waals surface area contributed by atoms with Gasteiger partial charge < -0.3 is 0 Å². The molecule has 1 rings (SSSR count). The van der Waals surface area contributed by atoms with E-state index in [4.69, 9.17) is 0 Å². The Morgan fingerprint density at radius 3 is 2.25 bits per heavy atom. The van der Waals surface area contributed by atoms with Gasteiger partial charge in [-0.3, -0.25) is 0 Å². The first kappa shape index (κ1) is 14.4. The molecule has 0 bridgehead atoms. The van der Waals surface area contributed by atoms with Crippen LogP contribution < -0.4 is 4.72 Å². The van der Waals surface area contributed by atoms with E-state index in [0.29, 0.717) is 24.3 Å². The van der Waals surface area contributed by atoms with Crippen molar-refractivity contribution in [3.63, 3.8) is 0 Å². The summed E-state index contributed by atoms with van der Waals surface area (Å²) in [6.07, 6.45) is 3.08. The van der Waals surface area contributed by atoms with Gasteiger partial charge in [-0.2, -0.15) is 17.4 Å². The fraction of sp³-hybridized carbons (Fsp3) is 1.00. The van der Waals surface area contributed by atoms with Crippen LogP contribution in [0.25, 0.3) is 0 Å². The van der Waals surface area contributed by atoms with Crippen molar-refractivity contribution in [2.45, 2.75) is 39.2 Å². The van der Waals surface area contributed by atoms with Gasteiger partial charge in [-0.25, -0.2) is 0 Å². The molecule has 1 N–H and O–H groups in total. The highest BCUT2D eigenvalue weighted by Crippen LogP contribution is 2.14. The third kappa shape index (κ3) is 3.98. The molecule has 1 aliphatic heterocycles. The predicted molar refractivity (Wildman–Crippen MR) is 69.9 cm³/mol. The number of rotatable bonds is 5. The summed E-state index contributed by atoms with van der Waals surface area (Å²) in [7, 11) is -3.29. The molecular formula is C10H21BrN2O2S. The Morgan fingerprint density at radius 1 is 1.25 bits per heavy atom. The second-order valence-corrected chi connectivity index (χ2v) is 6.94. The van der Waals surface area contributed by atoms with E-state index in [2.05, 4.69) is 20.7 Å². The largest absolute Gasteiger partial charge is 0.279 e. The summed E-state index contributed by atoms with van der Waals surface area (Å²) in [5.74, 6) is 0.291. The standard InChI is InChI=1S/C10H21BrN2O2S/c1-9(2)10(8-11)12-16(14,15)13-6-4-3-5-7-13/h9-10,12H,3-8H2,1-2H3.